The fraction of sp³-hybridized carbons (Fsp3) is 0.769. The van der Waals surface area contributed by atoms with Crippen molar-refractivity contribution in [1.29, 1.82) is 0 Å². The van der Waals surface area contributed by atoms with E-state index in [1.165, 1.54) is 32.1 Å². The van der Waals surface area contributed by atoms with Crippen LogP contribution in [0, 0.1) is 5.92 Å². The van der Waals surface area contributed by atoms with Gasteiger partial charge in [0.2, 0.25) is 0 Å². The summed E-state index contributed by atoms with van der Waals surface area (Å²) in [6, 6.07) is 0.777. The number of hydrogen-bond donors (Lipinski definition) is 1. The topological polar surface area (TPSA) is 29.9 Å². The molecule has 0 amide bonds. The maximum atomic E-state index is 4.07. The van der Waals surface area contributed by atoms with Gasteiger partial charge in [0.1, 0.15) is 0 Å². The van der Waals surface area contributed by atoms with Crippen LogP contribution in [0.1, 0.15) is 39.0 Å². The van der Waals surface area contributed by atoms with E-state index in [1.807, 2.05) is 18.7 Å². The van der Waals surface area contributed by atoms with Crippen LogP contribution in [0.15, 0.2) is 18.7 Å². The van der Waals surface area contributed by atoms with Crippen molar-refractivity contribution in [1.82, 2.24) is 14.9 Å². The van der Waals surface area contributed by atoms with Gasteiger partial charge in [0.15, 0.2) is 0 Å². The second-order valence-corrected chi connectivity index (χ2v) is 5.11. The van der Waals surface area contributed by atoms with Gasteiger partial charge in [0.25, 0.3) is 0 Å². The summed E-state index contributed by atoms with van der Waals surface area (Å²) in [6.45, 7) is 4.50. The van der Waals surface area contributed by atoms with Crippen molar-refractivity contribution < 1.29 is 0 Å². The van der Waals surface area contributed by atoms with Gasteiger partial charge in [-0.1, -0.05) is 26.2 Å². The van der Waals surface area contributed by atoms with Gasteiger partial charge in [-0.15, -0.1) is 0 Å². The van der Waals surface area contributed by atoms with E-state index in [0.29, 0.717) is 5.92 Å². The molecule has 1 aromatic heterocycles. The minimum Gasteiger partial charge on any atom is -0.337 e. The van der Waals surface area contributed by atoms with Gasteiger partial charge in [-0.25, -0.2) is 4.98 Å². The maximum Gasteiger partial charge on any atom is 0.0946 e. The molecule has 3 heteroatoms. The van der Waals surface area contributed by atoms with Gasteiger partial charge in [0, 0.05) is 25.0 Å². The average molecular weight is 221 g/mol. The summed E-state index contributed by atoms with van der Waals surface area (Å²) >= 11 is 0. The van der Waals surface area contributed by atoms with E-state index in [1.54, 1.807) is 0 Å². The first-order valence-electron chi connectivity index (χ1n) is 6.53. The Balaban J connectivity index is 1.65. The molecule has 3 nitrogen and oxygen atoms in total. The average Bonchev–Trinajstić information content (AvgIpc) is 2.81. The van der Waals surface area contributed by atoms with Gasteiger partial charge < -0.3 is 9.88 Å². The zero-order valence-corrected chi connectivity index (χ0v) is 10.2. The number of nitrogens with zero attached hydrogens (tertiary/aromatic N) is 2. The standard InChI is InChI=1S/C13H23N3/c1-12(10-16-8-7-14-11-16)9-15-13-5-3-2-4-6-13/h7-8,11-13,15H,2-6,9-10H2,1H3/t12-/m0/s1. The predicted octanol–water partition coefficient (Wildman–Crippen LogP) is 2.44. The Labute approximate surface area is 98.3 Å². The molecule has 1 fully saturated rings. The van der Waals surface area contributed by atoms with Gasteiger partial charge in [0.05, 0.1) is 6.33 Å². The highest BCUT2D eigenvalue weighted by Crippen LogP contribution is 2.17. The first-order chi connectivity index (χ1) is 7.84. The molecule has 1 aromatic rings. The van der Waals surface area contributed by atoms with E-state index in [9.17, 15) is 0 Å². The molecule has 1 atom stereocenters. The lowest BCUT2D eigenvalue weighted by atomic mass is 9.95. The lowest BCUT2D eigenvalue weighted by Crippen LogP contribution is -2.35. The Kier molecular flexibility index (Phi) is 4.40. The zero-order chi connectivity index (χ0) is 11.2. The molecule has 0 radical (unpaired) electrons. The molecule has 1 aliphatic rings. The van der Waals surface area contributed by atoms with Gasteiger partial charge in [-0.3, -0.25) is 0 Å². The number of aromatic nitrogens is 2. The van der Waals surface area contributed by atoms with Crippen LogP contribution in [0.3, 0.4) is 0 Å². The third kappa shape index (κ3) is 3.63. The fourth-order valence-corrected chi connectivity index (χ4v) is 2.49. The van der Waals surface area contributed by atoms with Crippen LogP contribution in [0.5, 0.6) is 0 Å². The third-order valence-corrected chi connectivity index (χ3v) is 3.44. The molecule has 90 valence electrons. The van der Waals surface area contributed by atoms with Crippen LogP contribution in [0.25, 0.3) is 0 Å². The molecule has 16 heavy (non-hydrogen) atoms. The van der Waals surface area contributed by atoms with Crippen molar-refractivity contribution in [3.8, 4) is 0 Å². The summed E-state index contributed by atoms with van der Waals surface area (Å²) in [5.74, 6) is 0.677. The molecule has 1 saturated carbocycles. The van der Waals surface area contributed by atoms with E-state index in [2.05, 4.69) is 21.8 Å². The first kappa shape index (κ1) is 11.6. The quantitative estimate of drug-likeness (QED) is 0.827. The third-order valence-electron chi connectivity index (χ3n) is 3.44. The van der Waals surface area contributed by atoms with Crippen LogP contribution < -0.4 is 5.32 Å². The molecule has 1 heterocycles. The molecule has 2 rings (SSSR count). The summed E-state index contributed by atoms with van der Waals surface area (Å²) in [6.07, 6.45) is 12.8. The summed E-state index contributed by atoms with van der Waals surface area (Å²) in [7, 11) is 0. The fourth-order valence-electron chi connectivity index (χ4n) is 2.49. The van der Waals surface area contributed by atoms with Crippen LogP contribution in [0.4, 0.5) is 0 Å². The first-order valence-corrected chi connectivity index (χ1v) is 6.53. The molecule has 0 bridgehead atoms. The Morgan fingerprint density at radius 3 is 2.88 bits per heavy atom. The summed E-state index contributed by atoms with van der Waals surface area (Å²) < 4.78 is 2.16. The Hall–Kier alpha value is -0.830. The van der Waals surface area contributed by atoms with E-state index in [-0.39, 0.29) is 0 Å². The summed E-state index contributed by atoms with van der Waals surface area (Å²) in [4.78, 5) is 4.07. The maximum absolute atomic E-state index is 4.07. The molecule has 0 aliphatic heterocycles. The smallest absolute Gasteiger partial charge is 0.0946 e. The molecular weight excluding hydrogens is 198 g/mol. The number of imidazole rings is 1. The highest BCUT2D eigenvalue weighted by atomic mass is 15.0. The zero-order valence-electron chi connectivity index (χ0n) is 10.2. The van der Waals surface area contributed by atoms with E-state index in [0.717, 1.165) is 19.1 Å². The minimum atomic E-state index is 0.677. The van der Waals surface area contributed by atoms with Gasteiger partial charge >= 0.3 is 0 Å². The largest absolute Gasteiger partial charge is 0.337 e. The van der Waals surface area contributed by atoms with Crippen molar-refractivity contribution in [3.63, 3.8) is 0 Å². The van der Waals surface area contributed by atoms with E-state index >= 15 is 0 Å². The monoisotopic (exact) mass is 221 g/mol. The van der Waals surface area contributed by atoms with Crippen molar-refractivity contribution in [3.05, 3.63) is 18.7 Å². The van der Waals surface area contributed by atoms with Crippen LogP contribution in [-0.2, 0) is 6.54 Å². The summed E-state index contributed by atoms with van der Waals surface area (Å²) in [5, 5.41) is 3.70. The molecular formula is C13H23N3. The highest BCUT2D eigenvalue weighted by Gasteiger charge is 2.13. The van der Waals surface area contributed by atoms with Gasteiger partial charge in [-0.05, 0) is 25.3 Å². The normalized spacial score (nSPS) is 19.8. The van der Waals surface area contributed by atoms with Crippen molar-refractivity contribution in [2.75, 3.05) is 6.54 Å². The number of rotatable bonds is 5. The molecule has 0 saturated heterocycles. The lowest BCUT2D eigenvalue weighted by molar-refractivity contribution is 0.340. The van der Waals surface area contributed by atoms with Crippen molar-refractivity contribution in [2.45, 2.75) is 51.6 Å². The highest BCUT2D eigenvalue weighted by molar-refractivity contribution is 4.77. The Bertz CT molecular complexity index is 275. The van der Waals surface area contributed by atoms with E-state index in [4.69, 9.17) is 0 Å². The second-order valence-electron chi connectivity index (χ2n) is 5.11. The number of hydrogen-bond acceptors (Lipinski definition) is 2. The molecule has 0 spiro atoms. The minimum absolute atomic E-state index is 0.677. The molecule has 0 unspecified atom stereocenters. The Morgan fingerprint density at radius 1 is 1.38 bits per heavy atom. The molecule has 0 aromatic carbocycles. The van der Waals surface area contributed by atoms with Crippen molar-refractivity contribution >= 4 is 0 Å². The Morgan fingerprint density at radius 2 is 2.19 bits per heavy atom. The molecule has 1 N–H and O–H groups in total. The second kappa shape index (κ2) is 6.04. The van der Waals surface area contributed by atoms with Crippen LogP contribution in [-0.4, -0.2) is 22.1 Å². The lowest BCUT2D eigenvalue weighted by Gasteiger charge is -2.24. The predicted molar refractivity (Wildman–Crippen MR) is 66.3 cm³/mol. The van der Waals surface area contributed by atoms with Gasteiger partial charge in [-0.2, -0.15) is 0 Å². The van der Waals surface area contributed by atoms with Crippen LogP contribution in [0.2, 0.25) is 0 Å². The van der Waals surface area contributed by atoms with Crippen LogP contribution >= 0.6 is 0 Å². The molecule has 1 aliphatic carbocycles. The SMILES string of the molecule is C[C@@H](CNC1CCCCC1)Cn1ccnc1. The number of nitrogens with one attached hydrogen (secondary N) is 1. The summed E-state index contributed by atoms with van der Waals surface area (Å²) in [5.41, 5.74) is 0. The van der Waals surface area contributed by atoms with Crippen molar-refractivity contribution in [2.24, 2.45) is 5.92 Å². The van der Waals surface area contributed by atoms with E-state index < -0.39 is 0 Å².